The molecule has 120 valence electrons. The van der Waals surface area contributed by atoms with Crippen molar-refractivity contribution in [2.75, 3.05) is 18.5 Å². The number of phenolic OH excluding ortho intramolecular Hbond substituents is 1. The number of hydrazone groups is 1. The van der Waals surface area contributed by atoms with Crippen molar-refractivity contribution >= 4 is 17.8 Å². The second-order valence-electron chi connectivity index (χ2n) is 4.64. The van der Waals surface area contributed by atoms with Crippen molar-refractivity contribution in [2.24, 2.45) is 5.10 Å². The van der Waals surface area contributed by atoms with E-state index in [4.69, 9.17) is 4.74 Å². The first-order chi connectivity index (χ1) is 11.2. The molecule has 0 atom stereocenters. The van der Waals surface area contributed by atoms with Crippen LogP contribution in [0.1, 0.15) is 12.5 Å². The lowest BCUT2D eigenvalue weighted by Crippen LogP contribution is -2.25. The molecule has 0 aliphatic carbocycles. The van der Waals surface area contributed by atoms with Crippen LogP contribution in [0.25, 0.3) is 0 Å². The van der Waals surface area contributed by atoms with E-state index in [9.17, 15) is 9.90 Å². The van der Waals surface area contributed by atoms with Crippen LogP contribution in [0.15, 0.2) is 53.6 Å². The number of hydrogen-bond donors (Lipinski definition) is 3. The van der Waals surface area contributed by atoms with Crippen LogP contribution in [0.3, 0.4) is 0 Å². The molecule has 3 N–H and O–H groups in total. The Morgan fingerprint density at radius 3 is 2.74 bits per heavy atom. The Morgan fingerprint density at radius 2 is 2.00 bits per heavy atom. The van der Waals surface area contributed by atoms with Crippen molar-refractivity contribution in [2.45, 2.75) is 6.92 Å². The highest BCUT2D eigenvalue weighted by atomic mass is 16.5. The van der Waals surface area contributed by atoms with Gasteiger partial charge in [-0.2, -0.15) is 5.10 Å². The highest BCUT2D eigenvalue weighted by Crippen LogP contribution is 2.28. The molecule has 0 aromatic heterocycles. The fraction of sp³-hybridized carbons (Fsp3) is 0.176. The average molecular weight is 313 g/mol. The number of nitrogens with one attached hydrogen (secondary N) is 2. The number of anilines is 1. The lowest BCUT2D eigenvalue weighted by molar-refractivity contribution is -0.119. The van der Waals surface area contributed by atoms with Gasteiger partial charge >= 0.3 is 0 Å². The second kappa shape index (κ2) is 8.43. The van der Waals surface area contributed by atoms with Crippen molar-refractivity contribution < 1.29 is 14.6 Å². The molecule has 0 unspecified atom stereocenters. The molecule has 6 nitrogen and oxygen atoms in total. The molecule has 0 saturated heterocycles. The van der Waals surface area contributed by atoms with Gasteiger partial charge in [-0.25, -0.2) is 5.43 Å². The Labute approximate surface area is 134 Å². The standard InChI is InChI=1S/C17H19N3O3/c1-2-23-15-10-6-7-13(17(15)22)11-19-20-16(21)12-18-14-8-4-3-5-9-14/h3-11,18,22H,2,12H2,1H3,(H,20,21)/b19-11+. The number of benzene rings is 2. The quantitative estimate of drug-likeness (QED) is 0.541. The smallest absolute Gasteiger partial charge is 0.259 e. The van der Waals surface area contributed by atoms with Gasteiger partial charge in [0.25, 0.3) is 5.91 Å². The van der Waals surface area contributed by atoms with Crippen LogP contribution in [0.2, 0.25) is 0 Å². The minimum Gasteiger partial charge on any atom is -0.504 e. The van der Waals surface area contributed by atoms with Gasteiger partial charge in [0.1, 0.15) is 0 Å². The van der Waals surface area contributed by atoms with Crippen LogP contribution in [-0.4, -0.2) is 30.4 Å². The SMILES string of the molecule is CCOc1cccc(/C=N/NC(=O)CNc2ccccc2)c1O. The molecule has 2 rings (SSSR count). The van der Waals surface area contributed by atoms with Gasteiger partial charge in [-0.1, -0.05) is 24.3 Å². The molecule has 0 spiro atoms. The van der Waals surface area contributed by atoms with Gasteiger partial charge in [-0.15, -0.1) is 0 Å². The third-order valence-electron chi connectivity index (χ3n) is 2.95. The Hall–Kier alpha value is -3.02. The molecule has 23 heavy (non-hydrogen) atoms. The van der Waals surface area contributed by atoms with E-state index in [2.05, 4.69) is 15.8 Å². The van der Waals surface area contributed by atoms with E-state index in [0.29, 0.717) is 17.9 Å². The number of rotatable bonds is 7. The second-order valence-corrected chi connectivity index (χ2v) is 4.64. The van der Waals surface area contributed by atoms with E-state index in [-0.39, 0.29) is 18.2 Å². The van der Waals surface area contributed by atoms with E-state index in [0.717, 1.165) is 5.69 Å². The van der Waals surface area contributed by atoms with Crippen molar-refractivity contribution in [3.05, 3.63) is 54.1 Å². The Balaban J connectivity index is 1.86. The van der Waals surface area contributed by atoms with E-state index in [1.54, 1.807) is 18.2 Å². The largest absolute Gasteiger partial charge is 0.504 e. The van der Waals surface area contributed by atoms with Crippen LogP contribution in [0, 0.1) is 0 Å². The Morgan fingerprint density at radius 1 is 1.22 bits per heavy atom. The summed E-state index contributed by atoms with van der Waals surface area (Å²) >= 11 is 0. The molecule has 6 heteroatoms. The molecule has 0 saturated carbocycles. The minimum absolute atomic E-state index is 0.00485. The van der Waals surface area contributed by atoms with Crippen molar-refractivity contribution in [3.63, 3.8) is 0 Å². The molecule has 0 fully saturated rings. The van der Waals surface area contributed by atoms with Gasteiger partial charge in [-0.3, -0.25) is 4.79 Å². The molecule has 2 aromatic carbocycles. The minimum atomic E-state index is -0.287. The number of hydrogen-bond acceptors (Lipinski definition) is 5. The van der Waals surface area contributed by atoms with Crippen LogP contribution in [0.4, 0.5) is 5.69 Å². The Kier molecular flexibility index (Phi) is 5.99. The van der Waals surface area contributed by atoms with Gasteiger partial charge in [-0.05, 0) is 31.2 Å². The van der Waals surface area contributed by atoms with Crippen LogP contribution in [-0.2, 0) is 4.79 Å². The first-order valence-electron chi connectivity index (χ1n) is 7.26. The summed E-state index contributed by atoms with van der Waals surface area (Å²) in [5, 5.41) is 16.8. The summed E-state index contributed by atoms with van der Waals surface area (Å²) in [7, 11) is 0. The predicted molar refractivity (Wildman–Crippen MR) is 89.9 cm³/mol. The van der Waals surface area contributed by atoms with Crippen molar-refractivity contribution in [1.29, 1.82) is 0 Å². The number of ether oxygens (including phenoxy) is 1. The molecule has 0 heterocycles. The van der Waals surface area contributed by atoms with Gasteiger partial charge < -0.3 is 15.2 Å². The van der Waals surface area contributed by atoms with Gasteiger partial charge in [0.05, 0.1) is 19.4 Å². The first-order valence-corrected chi connectivity index (χ1v) is 7.26. The van der Waals surface area contributed by atoms with E-state index >= 15 is 0 Å². The number of carbonyl (C=O) groups excluding carboxylic acids is 1. The van der Waals surface area contributed by atoms with Crippen molar-refractivity contribution in [1.82, 2.24) is 5.43 Å². The molecule has 0 bridgehead atoms. The summed E-state index contributed by atoms with van der Waals surface area (Å²) in [4.78, 5) is 11.7. The zero-order valence-corrected chi connectivity index (χ0v) is 12.8. The Bertz CT molecular complexity index is 672. The number of carbonyl (C=O) groups is 1. The summed E-state index contributed by atoms with van der Waals surface area (Å²) in [6.45, 7) is 2.39. The summed E-state index contributed by atoms with van der Waals surface area (Å²) < 4.78 is 5.28. The zero-order valence-electron chi connectivity index (χ0n) is 12.8. The molecular formula is C17H19N3O3. The lowest BCUT2D eigenvalue weighted by atomic mass is 10.2. The molecular weight excluding hydrogens is 294 g/mol. The normalized spacial score (nSPS) is 10.5. The van der Waals surface area contributed by atoms with Crippen LogP contribution < -0.4 is 15.5 Å². The molecule has 1 amide bonds. The van der Waals surface area contributed by atoms with Crippen LogP contribution in [0.5, 0.6) is 11.5 Å². The average Bonchev–Trinajstić information content (AvgIpc) is 2.57. The first kappa shape index (κ1) is 16.4. The van der Waals surface area contributed by atoms with Gasteiger partial charge in [0.15, 0.2) is 11.5 Å². The maximum absolute atomic E-state index is 11.7. The highest BCUT2D eigenvalue weighted by molar-refractivity contribution is 5.87. The fourth-order valence-corrected chi connectivity index (χ4v) is 1.87. The van der Waals surface area contributed by atoms with Crippen molar-refractivity contribution in [3.8, 4) is 11.5 Å². The number of aromatic hydroxyl groups is 1. The third kappa shape index (κ3) is 5.03. The predicted octanol–water partition coefficient (Wildman–Crippen LogP) is 2.35. The molecule has 0 aliphatic heterocycles. The summed E-state index contributed by atoms with van der Waals surface area (Å²) in [5.74, 6) is 0.0915. The third-order valence-corrected chi connectivity index (χ3v) is 2.95. The number of phenols is 1. The molecule has 0 aliphatic rings. The summed E-state index contributed by atoms with van der Waals surface area (Å²) in [5.41, 5.74) is 3.72. The van der Waals surface area contributed by atoms with Gasteiger partial charge in [0.2, 0.25) is 0 Å². The van der Waals surface area contributed by atoms with E-state index < -0.39 is 0 Å². The van der Waals surface area contributed by atoms with Gasteiger partial charge in [0, 0.05) is 11.3 Å². The lowest BCUT2D eigenvalue weighted by Gasteiger charge is -2.07. The molecule has 0 radical (unpaired) electrons. The summed E-state index contributed by atoms with van der Waals surface area (Å²) in [6, 6.07) is 14.5. The monoisotopic (exact) mass is 313 g/mol. The number of amides is 1. The maximum Gasteiger partial charge on any atom is 0.259 e. The summed E-state index contributed by atoms with van der Waals surface area (Å²) in [6.07, 6.45) is 1.37. The maximum atomic E-state index is 11.7. The fourth-order valence-electron chi connectivity index (χ4n) is 1.87. The van der Waals surface area contributed by atoms with Crippen LogP contribution >= 0.6 is 0 Å². The molecule has 2 aromatic rings. The number of para-hydroxylation sites is 2. The topological polar surface area (TPSA) is 83.0 Å². The van der Waals surface area contributed by atoms with E-state index in [1.807, 2.05) is 37.3 Å². The van der Waals surface area contributed by atoms with E-state index in [1.165, 1.54) is 6.21 Å². The number of nitrogens with zero attached hydrogens (tertiary/aromatic N) is 1. The zero-order chi connectivity index (χ0) is 16.5. The highest BCUT2D eigenvalue weighted by Gasteiger charge is 2.06.